The molecule has 2 N–H and O–H groups in total. The predicted molar refractivity (Wildman–Crippen MR) is 98.8 cm³/mol. The first-order valence-electron chi connectivity index (χ1n) is 8.88. The molecule has 1 saturated heterocycles. The highest BCUT2D eigenvalue weighted by Gasteiger charge is 2.22. The number of ether oxygens (including phenoxy) is 1. The number of hydrogen-bond donors (Lipinski definition) is 2. The van der Waals surface area contributed by atoms with Crippen molar-refractivity contribution >= 4 is 17.7 Å². The van der Waals surface area contributed by atoms with Crippen molar-refractivity contribution in [2.45, 2.75) is 31.0 Å². The van der Waals surface area contributed by atoms with E-state index >= 15 is 0 Å². The number of carbonyl (C=O) groups excluding carboxylic acids is 1. The fourth-order valence-corrected chi connectivity index (χ4v) is 3.84. The number of benzene rings is 1. The molecule has 26 heavy (non-hydrogen) atoms. The lowest BCUT2D eigenvalue weighted by atomic mass is 10.1. The number of quaternary nitrogens is 1. The van der Waals surface area contributed by atoms with Gasteiger partial charge in [-0.05, 0) is 29.5 Å². The van der Waals surface area contributed by atoms with Gasteiger partial charge in [0, 0.05) is 18.9 Å². The first kappa shape index (κ1) is 18.7. The van der Waals surface area contributed by atoms with Gasteiger partial charge in [0.2, 0.25) is 11.1 Å². The maximum Gasteiger partial charge on any atom is 0.230 e. The summed E-state index contributed by atoms with van der Waals surface area (Å²) < 4.78 is 6.96. The molecule has 0 radical (unpaired) electrons. The van der Waals surface area contributed by atoms with E-state index in [1.807, 2.05) is 24.3 Å². The van der Waals surface area contributed by atoms with Gasteiger partial charge in [0.05, 0.1) is 32.5 Å². The second-order valence-corrected chi connectivity index (χ2v) is 7.22. The largest absolute Gasteiger partial charge is 0.494 e. The van der Waals surface area contributed by atoms with Crippen molar-refractivity contribution < 1.29 is 14.4 Å². The zero-order valence-electron chi connectivity index (χ0n) is 15.1. The average molecular weight is 377 g/mol. The summed E-state index contributed by atoms with van der Waals surface area (Å²) in [6, 6.07) is 7.79. The molecule has 1 fully saturated rings. The molecule has 2 aromatic rings. The van der Waals surface area contributed by atoms with E-state index in [2.05, 4.69) is 27.8 Å². The maximum absolute atomic E-state index is 12.3. The molecule has 1 aromatic heterocycles. The van der Waals surface area contributed by atoms with Crippen LogP contribution in [0.4, 0.5) is 0 Å². The molecule has 140 valence electrons. The molecule has 1 aliphatic rings. The number of nitrogens with zero attached hydrogens (tertiary/aromatic N) is 4. The van der Waals surface area contributed by atoms with Gasteiger partial charge in [-0.2, -0.15) is 4.68 Å². The Labute approximate surface area is 157 Å². The zero-order valence-corrected chi connectivity index (χ0v) is 16.0. The predicted octanol–water partition coefficient (Wildman–Crippen LogP) is -0.0536. The minimum absolute atomic E-state index is 0.0227. The minimum Gasteiger partial charge on any atom is -0.494 e. The van der Waals surface area contributed by atoms with Crippen LogP contribution in [0, 0.1) is 0 Å². The standard InChI is InChI=1S/C17H24N6O2S/c1-3-22-10-8-13(9-11-22)18-16(24)12-26-17-19-20-21-23(17)14-6-4-5-7-15(14)25-2/h4-7,13H,3,8-12H2,1-2H3,(H,18,24)/p+1. The normalized spacial score (nSPS) is 19.9. The van der Waals surface area contributed by atoms with Gasteiger partial charge >= 0.3 is 0 Å². The number of likely N-dealkylation sites (tertiary alicyclic amines) is 1. The summed E-state index contributed by atoms with van der Waals surface area (Å²) in [6.07, 6.45) is 2.08. The molecule has 0 unspecified atom stereocenters. The Morgan fingerprint density at radius 3 is 2.88 bits per heavy atom. The quantitative estimate of drug-likeness (QED) is 0.658. The van der Waals surface area contributed by atoms with Gasteiger partial charge < -0.3 is 15.0 Å². The van der Waals surface area contributed by atoms with Crippen LogP contribution in [0.15, 0.2) is 29.4 Å². The summed E-state index contributed by atoms with van der Waals surface area (Å²) in [5.74, 6) is 0.988. The van der Waals surface area contributed by atoms with Crippen molar-refractivity contribution in [2.24, 2.45) is 0 Å². The van der Waals surface area contributed by atoms with Crippen molar-refractivity contribution in [3.05, 3.63) is 24.3 Å². The molecule has 0 spiro atoms. The number of rotatable bonds is 7. The molecule has 0 atom stereocenters. The Bertz CT molecular complexity index is 730. The van der Waals surface area contributed by atoms with Crippen LogP contribution < -0.4 is 15.0 Å². The topological polar surface area (TPSA) is 86.4 Å². The number of aromatic nitrogens is 4. The fourth-order valence-electron chi connectivity index (χ4n) is 3.15. The molecule has 1 amide bonds. The number of piperidine rings is 1. The van der Waals surface area contributed by atoms with Crippen molar-refractivity contribution in [3.8, 4) is 11.4 Å². The van der Waals surface area contributed by atoms with Gasteiger partial charge in [0.25, 0.3) is 0 Å². The molecule has 2 heterocycles. The van der Waals surface area contributed by atoms with Crippen molar-refractivity contribution in [3.63, 3.8) is 0 Å². The minimum atomic E-state index is 0.0227. The van der Waals surface area contributed by atoms with Crippen molar-refractivity contribution in [1.29, 1.82) is 0 Å². The number of para-hydroxylation sites is 2. The summed E-state index contributed by atoms with van der Waals surface area (Å²) in [6.45, 7) is 5.61. The summed E-state index contributed by atoms with van der Waals surface area (Å²) >= 11 is 1.32. The molecule has 0 aliphatic carbocycles. The van der Waals surface area contributed by atoms with Crippen LogP contribution in [0.1, 0.15) is 19.8 Å². The third-order valence-corrected chi connectivity index (χ3v) is 5.56. The zero-order chi connectivity index (χ0) is 18.4. The molecule has 1 aromatic carbocycles. The first-order chi connectivity index (χ1) is 12.7. The highest BCUT2D eigenvalue weighted by molar-refractivity contribution is 7.99. The second-order valence-electron chi connectivity index (χ2n) is 6.28. The van der Waals surface area contributed by atoms with Gasteiger partial charge in [0.1, 0.15) is 11.4 Å². The summed E-state index contributed by atoms with van der Waals surface area (Å²) in [5, 5.41) is 15.5. The SMILES string of the molecule is CC[NH+]1CCC(NC(=O)CSc2nnnn2-c2ccccc2OC)CC1. The Balaban J connectivity index is 1.56. The van der Waals surface area contributed by atoms with Crippen molar-refractivity contribution in [2.75, 3.05) is 32.5 Å². The third kappa shape index (κ3) is 4.53. The van der Waals surface area contributed by atoms with E-state index in [9.17, 15) is 4.79 Å². The second kappa shape index (κ2) is 9.00. The van der Waals surface area contributed by atoms with Gasteiger partial charge in [-0.25, -0.2) is 0 Å². The number of amides is 1. The lowest BCUT2D eigenvalue weighted by Gasteiger charge is -2.28. The third-order valence-electron chi connectivity index (χ3n) is 4.64. The number of carbonyl (C=O) groups is 1. The van der Waals surface area contributed by atoms with E-state index < -0.39 is 0 Å². The van der Waals surface area contributed by atoms with Crippen LogP contribution in [0.5, 0.6) is 5.75 Å². The maximum atomic E-state index is 12.3. The fraction of sp³-hybridized carbons (Fsp3) is 0.529. The molecule has 8 nitrogen and oxygen atoms in total. The van der Waals surface area contributed by atoms with E-state index in [-0.39, 0.29) is 17.7 Å². The number of hydrogen-bond acceptors (Lipinski definition) is 6. The number of tetrazole rings is 1. The summed E-state index contributed by atoms with van der Waals surface area (Å²) in [7, 11) is 1.61. The van der Waals surface area contributed by atoms with E-state index in [0.717, 1.165) is 38.2 Å². The Kier molecular flexibility index (Phi) is 6.45. The van der Waals surface area contributed by atoms with Crippen LogP contribution in [0.2, 0.25) is 0 Å². The monoisotopic (exact) mass is 377 g/mol. The number of methoxy groups -OCH3 is 1. The van der Waals surface area contributed by atoms with Gasteiger partial charge in [0.15, 0.2) is 0 Å². The Hall–Kier alpha value is -2.13. The van der Waals surface area contributed by atoms with E-state index in [1.165, 1.54) is 11.8 Å². The highest BCUT2D eigenvalue weighted by atomic mass is 32.2. The molecular weight excluding hydrogens is 352 g/mol. The summed E-state index contributed by atoms with van der Waals surface area (Å²) in [4.78, 5) is 13.9. The van der Waals surface area contributed by atoms with Crippen molar-refractivity contribution in [1.82, 2.24) is 25.5 Å². The van der Waals surface area contributed by atoms with Gasteiger partial charge in [-0.15, -0.1) is 5.10 Å². The van der Waals surface area contributed by atoms with Crippen LogP contribution >= 0.6 is 11.8 Å². The molecule has 0 bridgehead atoms. The molecule has 0 saturated carbocycles. The lowest BCUT2D eigenvalue weighted by molar-refractivity contribution is -0.903. The van der Waals surface area contributed by atoms with Crippen LogP contribution in [0.25, 0.3) is 5.69 Å². The van der Waals surface area contributed by atoms with Gasteiger partial charge in [-0.1, -0.05) is 23.9 Å². The Morgan fingerprint density at radius 2 is 2.15 bits per heavy atom. The average Bonchev–Trinajstić information content (AvgIpc) is 3.15. The highest BCUT2D eigenvalue weighted by Crippen LogP contribution is 2.25. The molecule has 3 rings (SSSR count). The smallest absolute Gasteiger partial charge is 0.230 e. The van der Waals surface area contributed by atoms with E-state index in [4.69, 9.17) is 4.74 Å². The van der Waals surface area contributed by atoms with E-state index in [0.29, 0.717) is 10.9 Å². The van der Waals surface area contributed by atoms with Crippen LogP contribution in [-0.4, -0.2) is 64.7 Å². The number of thioether (sulfide) groups is 1. The molecule has 9 heteroatoms. The Morgan fingerprint density at radius 1 is 1.38 bits per heavy atom. The van der Waals surface area contributed by atoms with E-state index in [1.54, 1.807) is 16.7 Å². The number of nitrogens with one attached hydrogen (secondary N) is 2. The molecule has 1 aliphatic heterocycles. The lowest BCUT2D eigenvalue weighted by Crippen LogP contribution is -3.13. The summed E-state index contributed by atoms with van der Waals surface area (Å²) in [5.41, 5.74) is 0.748. The van der Waals surface area contributed by atoms with Crippen LogP contribution in [0.3, 0.4) is 0 Å². The first-order valence-corrected chi connectivity index (χ1v) is 9.87. The van der Waals surface area contributed by atoms with Gasteiger partial charge in [-0.3, -0.25) is 4.79 Å². The molecular formula is C17H25N6O2S+. The van der Waals surface area contributed by atoms with Crippen LogP contribution in [-0.2, 0) is 4.79 Å².